The average molecular weight is 414 g/mol. The number of carboxylic acids is 1. The fourth-order valence-corrected chi connectivity index (χ4v) is 3.48. The smallest absolute Gasteiger partial charge is 0.370 e. The van der Waals surface area contributed by atoms with Crippen molar-refractivity contribution in [1.29, 1.82) is 0 Å². The fraction of sp³-hybridized carbons (Fsp3) is 0.471. The van der Waals surface area contributed by atoms with Gasteiger partial charge in [-0.1, -0.05) is 0 Å². The molecule has 28 heavy (non-hydrogen) atoms. The first-order valence-electron chi connectivity index (χ1n) is 8.39. The number of aliphatic carboxylic acids is 1. The highest BCUT2D eigenvalue weighted by atomic mass is 32.1. The van der Waals surface area contributed by atoms with Crippen LogP contribution in [-0.4, -0.2) is 75.2 Å². The predicted molar refractivity (Wildman–Crippen MR) is 97.2 cm³/mol. The Kier molecular flexibility index (Phi) is 7.52. The van der Waals surface area contributed by atoms with Crippen molar-refractivity contribution in [3.05, 3.63) is 34.2 Å². The summed E-state index contributed by atoms with van der Waals surface area (Å²) in [5, 5.41) is 47.1. The third kappa shape index (κ3) is 5.52. The van der Waals surface area contributed by atoms with Crippen LogP contribution in [0, 0.1) is 0 Å². The first kappa shape index (κ1) is 21.8. The molecular formula is C17H22N2O8S. The summed E-state index contributed by atoms with van der Waals surface area (Å²) in [5.74, 6) is -2.96. The zero-order valence-corrected chi connectivity index (χ0v) is 15.8. The van der Waals surface area contributed by atoms with Gasteiger partial charge in [-0.2, -0.15) is 11.3 Å². The Morgan fingerprint density at radius 3 is 2.54 bits per heavy atom. The minimum absolute atomic E-state index is 0.0381. The van der Waals surface area contributed by atoms with Crippen LogP contribution in [-0.2, 0) is 25.5 Å². The van der Waals surface area contributed by atoms with Crippen LogP contribution in [0.15, 0.2) is 28.7 Å². The molecule has 2 rings (SSSR count). The average Bonchev–Trinajstić information content (AvgIpc) is 3.13. The quantitative estimate of drug-likeness (QED) is 0.295. The highest BCUT2D eigenvalue weighted by Crippen LogP contribution is 2.23. The van der Waals surface area contributed by atoms with Crippen LogP contribution in [0.25, 0.3) is 0 Å². The normalized spacial score (nSPS) is 23.7. The molecule has 0 unspecified atom stereocenters. The Bertz CT molecular complexity index is 736. The highest BCUT2D eigenvalue weighted by molar-refractivity contribution is 7.08. The number of hydrogen-bond acceptors (Lipinski definition) is 8. The number of carbonyl (C=O) groups excluding carboxylic acids is 2. The van der Waals surface area contributed by atoms with Crippen molar-refractivity contribution in [2.75, 3.05) is 6.61 Å². The van der Waals surface area contributed by atoms with Crippen molar-refractivity contribution < 1.29 is 39.5 Å². The molecule has 10 nitrogen and oxygen atoms in total. The SMILES string of the molecule is CC(=O)N[C@H]1[C@H]([C@H](O)[C@H](O)CO)OC(C(=O)O)=C[C@@H]1NC(=O)Cc1ccsc1. The molecule has 1 aromatic rings. The maximum Gasteiger partial charge on any atom is 0.370 e. The largest absolute Gasteiger partial charge is 0.478 e. The summed E-state index contributed by atoms with van der Waals surface area (Å²) in [4.78, 5) is 35.4. The van der Waals surface area contributed by atoms with Crippen LogP contribution >= 0.6 is 11.3 Å². The molecule has 1 aromatic heterocycles. The van der Waals surface area contributed by atoms with E-state index in [0.29, 0.717) is 0 Å². The molecular weight excluding hydrogens is 392 g/mol. The summed E-state index contributed by atoms with van der Waals surface area (Å²) >= 11 is 1.42. The monoisotopic (exact) mass is 414 g/mol. The van der Waals surface area contributed by atoms with E-state index in [1.54, 1.807) is 11.4 Å². The number of rotatable bonds is 8. The summed E-state index contributed by atoms with van der Waals surface area (Å²) in [7, 11) is 0. The molecule has 0 aliphatic carbocycles. The van der Waals surface area contributed by atoms with E-state index < -0.39 is 60.5 Å². The van der Waals surface area contributed by atoms with Gasteiger partial charge in [0.05, 0.1) is 25.1 Å². The van der Waals surface area contributed by atoms with Crippen molar-refractivity contribution >= 4 is 29.1 Å². The number of hydrogen-bond donors (Lipinski definition) is 6. The number of amides is 2. The van der Waals surface area contributed by atoms with Gasteiger partial charge in [0, 0.05) is 6.92 Å². The number of aliphatic hydroxyl groups is 3. The molecule has 0 spiro atoms. The summed E-state index contributed by atoms with van der Waals surface area (Å²) in [6.45, 7) is 0.391. The van der Waals surface area contributed by atoms with Crippen molar-refractivity contribution in [3.8, 4) is 0 Å². The molecule has 0 radical (unpaired) electrons. The van der Waals surface area contributed by atoms with E-state index in [0.717, 1.165) is 11.6 Å². The predicted octanol–water partition coefficient (Wildman–Crippen LogP) is -1.64. The van der Waals surface area contributed by atoms with Crippen LogP contribution < -0.4 is 10.6 Å². The van der Waals surface area contributed by atoms with Crippen LogP contribution in [0.5, 0.6) is 0 Å². The minimum atomic E-state index is -1.72. The third-order valence-corrected chi connectivity index (χ3v) is 4.84. The van der Waals surface area contributed by atoms with Crippen molar-refractivity contribution in [2.45, 2.75) is 43.7 Å². The molecule has 0 saturated carbocycles. The maximum absolute atomic E-state index is 12.4. The number of carbonyl (C=O) groups is 3. The van der Waals surface area contributed by atoms with Gasteiger partial charge in [-0.25, -0.2) is 4.79 Å². The van der Waals surface area contributed by atoms with Gasteiger partial charge in [0.2, 0.25) is 17.6 Å². The Morgan fingerprint density at radius 2 is 2.00 bits per heavy atom. The van der Waals surface area contributed by atoms with Gasteiger partial charge in [0.1, 0.15) is 18.3 Å². The second-order valence-electron chi connectivity index (χ2n) is 6.29. The fourth-order valence-electron chi connectivity index (χ4n) is 2.81. The van der Waals surface area contributed by atoms with E-state index in [9.17, 15) is 29.7 Å². The van der Waals surface area contributed by atoms with E-state index in [-0.39, 0.29) is 6.42 Å². The number of nitrogens with one attached hydrogen (secondary N) is 2. The first-order valence-corrected chi connectivity index (χ1v) is 9.33. The molecule has 154 valence electrons. The lowest BCUT2D eigenvalue weighted by Crippen LogP contribution is -2.63. The van der Waals surface area contributed by atoms with Crippen LogP contribution in [0.1, 0.15) is 12.5 Å². The lowest BCUT2D eigenvalue weighted by molar-refractivity contribution is -0.147. The number of carboxylic acid groups (broad SMARTS) is 1. The molecule has 0 aromatic carbocycles. The van der Waals surface area contributed by atoms with E-state index >= 15 is 0 Å². The second kappa shape index (κ2) is 9.64. The van der Waals surface area contributed by atoms with E-state index in [2.05, 4.69) is 10.6 Å². The lowest BCUT2D eigenvalue weighted by Gasteiger charge is -2.40. The second-order valence-corrected chi connectivity index (χ2v) is 7.07. The first-order chi connectivity index (χ1) is 13.2. The minimum Gasteiger partial charge on any atom is -0.478 e. The van der Waals surface area contributed by atoms with Crippen molar-refractivity contribution in [2.24, 2.45) is 0 Å². The summed E-state index contributed by atoms with van der Waals surface area (Å²) < 4.78 is 5.24. The van der Waals surface area contributed by atoms with E-state index in [1.807, 2.05) is 5.38 Å². The molecule has 6 N–H and O–H groups in total. The van der Waals surface area contributed by atoms with Gasteiger partial charge in [0.25, 0.3) is 0 Å². The van der Waals surface area contributed by atoms with Crippen LogP contribution in [0.3, 0.4) is 0 Å². The van der Waals surface area contributed by atoms with Crippen molar-refractivity contribution in [3.63, 3.8) is 0 Å². The molecule has 1 aliphatic heterocycles. The third-order valence-electron chi connectivity index (χ3n) is 4.11. The van der Waals surface area contributed by atoms with Gasteiger partial charge < -0.3 is 35.8 Å². The Balaban J connectivity index is 2.30. The summed E-state index contributed by atoms with van der Waals surface area (Å²) in [6, 6.07) is -0.342. The summed E-state index contributed by atoms with van der Waals surface area (Å²) in [5.41, 5.74) is 0.764. The molecule has 11 heteroatoms. The van der Waals surface area contributed by atoms with Crippen LogP contribution in [0.4, 0.5) is 0 Å². The molecule has 5 atom stereocenters. The summed E-state index contributed by atoms with van der Waals surface area (Å²) in [6.07, 6.45) is -3.63. The van der Waals surface area contributed by atoms with Gasteiger partial charge in [-0.15, -0.1) is 0 Å². The molecule has 0 saturated heterocycles. The molecule has 0 fully saturated rings. The maximum atomic E-state index is 12.4. The topological polar surface area (TPSA) is 165 Å². The van der Waals surface area contributed by atoms with Gasteiger partial charge in [-0.05, 0) is 28.5 Å². The number of aliphatic hydroxyl groups excluding tert-OH is 3. The highest BCUT2D eigenvalue weighted by Gasteiger charge is 2.44. The molecule has 0 bridgehead atoms. The zero-order chi connectivity index (χ0) is 20.8. The van der Waals surface area contributed by atoms with Gasteiger partial charge in [0.15, 0.2) is 0 Å². The molecule has 1 aliphatic rings. The standard InChI is InChI=1S/C17H22N2O8S/c1-8(21)18-14-10(19-13(23)4-9-2-3-28-7-9)5-12(17(25)26)27-16(14)15(24)11(22)6-20/h2-3,5,7,10-11,14-16,20,22,24H,4,6H2,1H3,(H,18,21)(H,19,23)(H,25,26)/t10-,11+,14+,15+,16+/m0/s1. The van der Waals surface area contributed by atoms with Gasteiger partial charge in [-0.3, -0.25) is 9.59 Å². The lowest BCUT2D eigenvalue weighted by atomic mass is 9.91. The van der Waals surface area contributed by atoms with Crippen LogP contribution in [0.2, 0.25) is 0 Å². The Hall–Kier alpha value is -2.47. The van der Waals surface area contributed by atoms with Crippen molar-refractivity contribution in [1.82, 2.24) is 10.6 Å². The van der Waals surface area contributed by atoms with E-state index in [4.69, 9.17) is 9.84 Å². The molecule has 2 amide bonds. The zero-order valence-electron chi connectivity index (χ0n) is 14.9. The Labute approximate surface area is 164 Å². The number of ether oxygens (including phenoxy) is 1. The molecule has 2 heterocycles. The van der Waals surface area contributed by atoms with E-state index in [1.165, 1.54) is 18.3 Å². The Morgan fingerprint density at radius 1 is 1.29 bits per heavy atom. The van der Waals surface area contributed by atoms with Gasteiger partial charge >= 0.3 is 5.97 Å². The number of thiophene rings is 1.